The van der Waals surface area contributed by atoms with Crippen molar-refractivity contribution in [2.75, 3.05) is 13.1 Å². The van der Waals surface area contributed by atoms with Gasteiger partial charge in [-0.3, -0.25) is 0 Å². The zero-order valence-corrected chi connectivity index (χ0v) is 12.8. The average Bonchev–Trinajstić information content (AvgIpc) is 2.37. The highest BCUT2D eigenvalue weighted by Crippen LogP contribution is 2.36. The second-order valence-corrected chi connectivity index (χ2v) is 6.38. The molecule has 0 aliphatic carbocycles. The van der Waals surface area contributed by atoms with Gasteiger partial charge < -0.3 is 5.32 Å². The first kappa shape index (κ1) is 13.7. The van der Waals surface area contributed by atoms with E-state index in [0.717, 1.165) is 24.5 Å². The standard InChI is InChI=1S/C18H20ClN/c1-13-7-8-15(17(19)9-13)10-18(11-20-12-18)16-6-4-3-5-14(16)2/h3-9,20H,10-12H2,1-2H3. The highest BCUT2D eigenvalue weighted by atomic mass is 35.5. The Balaban J connectivity index is 1.96. The normalized spacial score (nSPS) is 16.8. The monoisotopic (exact) mass is 285 g/mol. The van der Waals surface area contributed by atoms with E-state index in [4.69, 9.17) is 11.6 Å². The summed E-state index contributed by atoms with van der Waals surface area (Å²) in [6.07, 6.45) is 1.00. The van der Waals surface area contributed by atoms with E-state index < -0.39 is 0 Å². The Bertz CT molecular complexity index is 629. The van der Waals surface area contributed by atoms with Crippen LogP contribution in [0.25, 0.3) is 0 Å². The first-order chi connectivity index (χ1) is 9.61. The third-order valence-electron chi connectivity index (χ3n) is 4.38. The van der Waals surface area contributed by atoms with E-state index >= 15 is 0 Å². The van der Waals surface area contributed by atoms with Crippen LogP contribution >= 0.6 is 11.6 Å². The summed E-state index contributed by atoms with van der Waals surface area (Å²) in [6.45, 7) is 6.34. The molecule has 1 aliphatic rings. The summed E-state index contributed by atoms with van der Waals surface area (Å²) in [7, 11) is 0. The summed E-state index contributed by atoms with van der Waals surface area (Å²) in [5, 5.41) is 4.33. The minimum absolute atomic E-state index is 0.199. The molecule has 0 unspecified atom stereocenters. The Morgan fingerprint density at radius 2 is 1.85 bits per heavy atom. The third-order valence-corrected chi connectivity index (χ3v) is 4.73. The summed E-state index contributed by atoms with van der Waals surface area (Å²) >= 11 is 6.42. The van der Waals surface area contributed by atoms with Crippen LogP contribution < -0.4 is 5.32 Å². The molecule has 1 saturated heterocycles. The van der Waals surface area contributed by atoms with Gasteiger partial charge in [-0.2, -0.15) is 0 Å². The zero-order chi connectivity index (χ0) is 14.2. The predicted octanol–water partition coefficient (Wildman–Crippen LogP) is 4.04. The van der Waals surface area contributed by atoms with Gasteiger partial charge in [-0.15, -0.1) is 0 Å². The molecule has 2 aromatic carbocycles. The molecular weight excluding hydrogens is 266 g/mol. The van der Waals surface area contributed by atoms with Gasteiger partial charge in [-0.05, 0) is 48.6 Å². The molecule has 2 aromatic rings. The molecule has 1 fully saturated rings. The van der Waals surface area contributed by atoms with Crippen molar-refractivity contribution in [3.8, 4) is 0 Å². The molecular formula is C18H20ClN. The lowest BCUT2D eigenvalue weighted by Gasteiger charge is -2.44. The van der Waals surface area contributed by atoms with Crippen molar-refractivity contribution < 1.29 is 0 Å². The fraction of sp³-hybridized carbons (Fsp3) is 0.333. The average molecular weight is 286 g/mol. The van der Waals surface area contributed by atoms with E-state index in [-0.39, 0.29) is 5.41 Å². The smallest absolute Gasteiger partial charge is 0.0440 e. The highest BCUT2D eigenvalue weighted by molar-refractivity contribution is 6.31. The Kier molecular flexibility index (Phi) is 3.57. The minimum Gasteiger partial charge on any atom is -0.315 e. The number of nitrogens with one attached hydrogen (secondary N) is 1. The molecule has 3 rings (SSSR count). The maximum absolute atomic E-state index is 6.42. The molecule has 0 spiro atoms. The highest BCUT2D eigenvalue weighted by Gasteiger charge is 2.39. The molecule has 0 aromatic heterocycles. The van der Waals surface area contributed by atoms with Crippen molar-refractivity contribution in [3.05, 3.63) is 69.7 Å². The van der Waals surface area contributed by atoms with Crippen LogP contribution in [0.2, 0.25) is 5.02 Å². The summed E-state index contributed by atoms with van der Waals surface area (Å²) in [5.74, 6) is 0. The lowest BCUT2D eigenvalue weighted by Crippen LogP contribution is -2.58. The van der Waals surface area contributed by atoms with Crippen molar-refractivity contribution in [3.63, 3.8) is 0 Å². The van der Waals surface area contributed by atoms with Gasteiger partial charge in [0, 0.05) is 23.5 Å². The van der Waals surface area contributed by atoms with Crippen molar-refractivity contribution in [2.45, 2.75) is 25.7 Å². The van der Waals surface area contributed by atoms with Crippen LogP contribution in [0.3, 0.4) is 0 Å². The topological polar surface area (TPSA) is 12.0 Å². The molecule has 0 atom stereocenters. The number of hydrogen-bond acceptors (Lipinski definition) is 1. The molecule has 104 valence electrons. The minimum atomic E-state index is 0.199. The second kappa shape index (κ2) is 5.23. The second-order valence-electron chi connectivity index (χ2n) is 5.97. The molecule has 1 aliphatic heterocycles. The number of rotatable bonds is 3. The van der Waals surface area contributed by atoms with Gasteiger partial charge in [0.25, 0.3) is 0 Å². The molecule has 0 radical (unpaired) electrons. The van der Waals surface area contributed by atoms with Gasteiger partial charge in [-0.25, -0.2) is 0 Å². The van der Waals surface area contributed by atoms with Crippen molar-refractivity contribution >= 4 is 11.6 Å². The van der Waals surface area contributed by atoms with E-state index in [9.17, 15) is 0 Å². The van der Waals surface area contributed by atoms with Crippen molar-refractivity contribution in [1.82, 2.24) is 5.32 Å². The summed E-state index contributed by atoms with van der Waals surface area (Å²) in [6, 6.07) is 15.1. The van der Waals surface area contributed by atoms with Gasteiger partial charge >= 0.3 is 0 Å². The number of hydrogen-bond donors (Lipinski definition) is 1. The largest absolute Gasteiger partial charge is 0.315 e. The predicted molar refractivity (Wildman–Crippen MR) is 85.6 cm³/mol. The molecule has 0 bridgehead atoms. The quantitative estimate of drug-likeness (QED) is 0.897. The van der Waals surface area contributed by atoms with E-state index in [1.165, 1.54) is 22.3 Å². The molecule has 2 heteroatoms. The van der Waals surface area contributed by atoms with Gasteiger partial charge in [0.1, 0.15) is 0 Å². The van der Waals surface area contributed by atoms with Crippen LogP contribution in [-0.2, 0) is 11.8 Å². The van der Waals surface area contributed by atoms with Crippen LogP contribution in [0.15, 0.2) is 42.5 Å². The molecule has 1 heterocycles. The fourth-order valence-corrected chi connectivity index (χ4v) is 3.47. The van der Waals surface area contributed by atoms with E-state index in [1.54, 1.807) is 0 Å². The molecule has 1 N–H and O–H groups in total. The lowest BCUT2D eigenvalue weighted by atomic mass is 9.69. The molecule has 0 amide bonds. The number of aryl methyl sites for hydroxylation is 2. The molecule has 20 heavy (non-hydrogen) atoms. The Labute approximate surface area is 126 Å². The van der Waals surface area contributed by atoms with E-state index in [0.29, 0.717) is 0 Å². The van der Waals surface area contributed by atoms with E-state index in [1.807, 2.05) is 0 Å². The maximum atomic E-state index is 6.42. The fourth-order valence-electron chi connectivity index (χ4n) is 3.17. The number of benzene rings is 2. The van der Waals surface area contributed by atoms with Gasteiger partial charge in [0.05, 0.1) is 0 Å². The molecule has 0 saturated carbocycles. The van der Waals surface area contributed by atoms with Crippen LogP contribution in [0.5, 0.6) is 0 Å². The Morgan fingerprint density at radius 1 is 1.10 bits per heavy atom. The first-order valence-electron chi connectivity index (χ1n) is 7.13. The summed E-state index contributed by atoms with van der Waals surface area (Å²) < 4.78 is 0. The zero-order valence-electron chi connectivity index (χ0n) is 12.0. The van der Waals surface area contributed by atoms with Crippen molar-refractivity contribution in [1.29, 1.82) is 0 Å². The first-order valence-corrected chi connectivity index (χ1v) is 7.50. The third kappa shape index (κ3) is 2.36. The molecule has 1 nitrogen and oxygen atoms in total. The maximum Gasteiger partial charge on any atom is 0.0440 e. The van der Waals surface area contributed by atoms with Crippen LogP contribution in [0.1, 0.15) is 22.3 Å². The summed E-state index contributed by atoms with van der Waals surface area (Å²) in [5.41, 5.74) is 5.50. The van der Waals surface area contributed by atoms with Crippen LogP contribution in [0, 0.1) is 13.8 Å². The van der Waals surface area contributed by atoms with Crippen molar-refractivity contribution in [2.24, 2.45) is 0 Å². The van der Waals surface area contributed by atoms with E-state index in [2.05, 4.69) is 61.6 Å². The Hall–Kier alpha value is -1.31. The van der Waals surface area contributed by atoms with Crippen LogP contribution in [0.4, 0.5) is 0 Å². The summed E-state index contributed by atoms with van der Waals surface area (Å²) in [4.78, 5) is 0. The van der Waals surface area contributed by atoms with Gasteiger partial charge in [0.2, 0.25) is 0 Å². The number of halogens is 1. The Morgan fingerprint density at radius 3 is 2.45 bits per heavy atom. The van der Waals surface area contributed by atoms with Gasteiger partial charge in [0.15, 0.2) is 0 Å². The lowest BCUT2D eigenvalue weighted by molar-refractivity contribution is 0.273. The van der Waals surface area contributed by atoms with Crippen LogP contribution in [-0.4, -0.2) is 13.1 Å². The van der Waals surface area contributed by atoms with Gasteiger partial charge in [-0.1, -0.05) is 48.0 Å². The SMILES string of the molecule is Cc1ccc(CC2(c3ccccc3C)CNC2)c(Cl)c1.